The zero-order valence-corrected chi connectivity index (χ0v) is 17.4. The molecule has 0 bridgehead atoms. The molecule has 0 spiro atoms. The highest BCUT2D eigenvalue weighted by Gasteiger charge is 2.22. The van der Waals surface area contributed by atoms with Crippen LogP contribution < -0.4 is 4.74 Å². The van der Waals surface area contributed by atoms with Crippen LogP contribution in [0, 0.1) is 5.92 Å². The molecule has 0 aliphatic carbocycles. The summed E-state index contributed by atoms with van der Waals surface area (Å²) in [6, 6.07) is 21.8. The molecule has 1 heterocycles. The maximum absolute atomic E-state index is 13.0. The number of methoxy groups -OCH3 is 1. The van der Waals surface area contributed by atoms with E-state index < -0.39 is 0 Å². The van der Waals surface area contributed by atoms with Gasteiger partial charge in [0.15, 0.2) is 5.76 Å². The summed E-state index contributed by atoms with van der Waals surface area (Å²) < 4.78 is 10.7. The van der Waals surface area contributed by atoms with Crippen LogP contribution in [0.5, 0.6) is 5.75 Å². The highest BCUT2D eigenvalue weighted by Crippen LogP contribution is 2.30. The molecule has 29 heavy (non-hydrogen) atoms. The molecular weight excluding hydrogens is 362 g/mol. The van der Waals surface area contributed by atoms with Gasteiger partial charge in [0.1, 0.15) is 5.75 Å². The maximum atomic E-state index is 13.0. The first-order valence-corrected chi connectivity index (χ1v) is 10.1. The van der Waals surface area contributed by atoms with E-state index in [2.05, 4.69) is 26.0 Å². The van der Waals surface area contributed by atoms with Crippen molar-refractivity contribution in [2.24, 2.45) is 5.92 Å². The Labute approximate surface area is 173 Å². The molecule has 0 unspecified atom stereocenters. The Morgan fingerprint density at radius 2 is 1.72 bits per heavy atom. The molecule has 4 nitrogen and oxygen atoms in total. The number of rotatable bonds is 9. The van der Waals surface area contributed by atoms with Gasteiger partial charge in [-0.25, -0.2) is 0 Å². The van der Waals surface area contributed by atoms with E-state index >= 15 is 0 Å². The van der Waals surface area contributed by atoms with Crippen LogP contribution in [0.25, 0.3) is 0 Å². The van der Waals surface area contributed by atoms with Gasteiger partial charge in [0.25, 0.3) is 5.91 Å². The van der Waals surface area contributed by atoms with Crippen molar-refractivity contribution in [3.05, 3.63) is 89.9 Å². The topological polar surface area (TPSA) is 42.7 Å². The van der Waals surface area contributed by atoms with Crippen molar-refractivity contribution in [3.63, 3.8) is 0 Å². The van der Waals surface area contributed by atoms with Gasteiger partial charge in [0, 0.05) is 13.1 Å². The minimum absolute atomic E-state index is 0.0731. The number of furan rings is 1. The van der Waals surface area contributed by atoms with Crippen molar-refractivity contribution in [2.75, 3.05) is 13.7 Å². The van der Waals surface area contributed by atoms with Crippen LogP contribution in [0.1, 0.15) is 47.9 Å². The van der Waals surface area contributed by atoms with Crippen molar-refractivity contribution in [2.45, 2.75) is 32.7 Å². The van der Waals surface area contributed by atoms with E-state index in [-0.39, 0.29) is 5.91 Å². The van der Waals surface area contributed by atoms with Crippen LogP contribution in [0.2, 0.25) is 0 Å². The van der Waals surface area contributed by atoms with Crippen LogP contribution >= 0.6 is 0 Å². The standard InChI is InChI=1S/C25H29NO3/c1-19(2)23(21-11-13-22(28-3)14-12-21)15-16-26(18-20-8-5-4-6-9-20)25(27)24-10-7-17-29-24/h4-14,17,19,23H,15-16,18H2,1-3H3/t23-/m1/s1. The van der Waals surface area contributed by atoms with Crippen molar-refractivity contribution in [3.8, 4) is 5.75 Å². The fourth-order valence-corrected chi connectivity index (χ4v) is 3.64. The molecule has 1 aromatic heterocycles. The van der Waals surface area contributed by atoms with Gasteiger partial charge in [-0.05, 0) is 53.6 Å². The number of amides is 1. The van der Waals surface area contributed by atoms with Crippen LogP contribution in [0.4, 0.5) is 0 Å². The second-order valence-electron chi connectivity index (χ2n) is 7.60. The third-order valence-corrected chi connectivity index (χ3v) is 5.29. The molecule has 1 amide bonds. The predicted molar refractivity (Wildman–Crippen MR) is 115 cm³/mol. The Kier molecular flexibility index (Phi) is 7.12. The Morgan fingerprint density at radius 1 is 1.00 bits per heavy atom. The number of hydrogen-bond acceptors (Lipinski definition) is 3. The summed E-state index contributed by atoms with van der Waals surface area (Å²) in [5, 5.41) is 0. The third-order valence-electron chi connectivity index (χ3n) is 5.29. The summed E-state index contributed by atoms with van der Waals surface area (Å²) in [6.45, 7) is 5.67. The largest absolute Gasteiger partial charge is 0.497 e. The molecule has 0 N–H and O–H groups in total. The third kappa shape index (κ3) is 5.50. The number of hydrogen-bond donors (Lipinski definition) is 0. The molecular formula is C25H29NO3. The fraction of sp³-hybridized carbons (Fsp3) is 0.320. The Balaban J connectivity index is 1.76. The number of carbonyl (C=O) groups excluding carboxylic acids is 1. The smallest absolute Gasteiger partial charge is 0.289 e. The van der Waals surface area contributed by atoms with Gasteiger partial charge >= 0.3 is 0 Å². The SMILES string of the molecule is COc1ccc([C@H](CCN(Cc2ccccc2)C(=O)c2ccco2)C(C)C)cc1. The van der Waals surface area contributed by atoms with E-state index in [0.29, 0.717) is 30.7 Å². The Morgan fingerprint density at radius 3 is 2.31 bits per heavy atom. The summed E-state index contributed by atoms with van der Waals surface area (Å²) in [7, 11) is 1.68. The molecule has 4 heteroatoms. The average Bonchev–Trinajstić information content (AvgIpc) is 3.28. The van der Waals surface area contributed by atoms with Crippen molar-refractivity contribution >= 4 is 5.91 Å². The lowest BCUT2D eigenvalue weighted by atomic mass is 9.85. The molecule has 152 valence electrons. The van der Waals surface area contributed by atoms with Crippen LogP contribution in [0.3, 0.4) is 0 Å². The normalized spacial score (nSPS) is 12.0. The van der Waals surface area contributed by atoms with Gasteiger partial charge < -0.3 is 14.1 Å². The van der Waals surface area contributed by atoms with Gasteiger partial charge in [0.05, 0.1) is 13.4 Å². The molecule has 0 aliphatic rings. The predicted octanol–water partition coefficient (Wildman–Crippen LogP) is 5.76. The van der Waals surface area contributed by atoms with Crippen molar-refractivity contribution < 1.29 is 13.9 Å². The number of nitrogens with zero attached hydrogens (tertiary/aromatic N) is 1. The Bertz CT molecular complexity index is 870. The summed E-state index contributed by atoms with van der Waals surface area (Å²) in [5.74, 6) is 1.97. The van der Waals surface area contributed by atoms with Crippen LogP contribution in [0.15, 0.2) is 77.4 Å². The first-order valence-electron chi connectivity index (χ1n) is 10.1. The summed E-state index contributed by atoms with van der Waals surface area (Å²) in [6.07, 6.45) is 2.42. The van der Waals surface area contributed by atoms with E-state index in [1.54, 1.807) is 25.5 Å². The lowest BCUT2D eigenvalue weighted by Gasteiger charge is -2.27. The molecule has 2 aromatic carbocycles. The van der Waals surface area contributed by atoms with E-state index in [9.17, 15) is 4.79 Å². The van der Waals surface area contributed by atoms with Crippen LogP contribution in [-0.4, -0.2) is 24.5 Å². The monoisotopic (exact) mass is 391 g/mol. The van der Waals surface area contributed by atoms with Gasteiger partial charge in [-0.2, -0.15) is 0 Å². The van der Waals surface area contributed by atoms with E-state index in [1.165, 1.54) is 5.56 Å². The van der Waals surface area contributed by atoms with E-state index in [4.69, 9.17) is 9.15 Å². The highest BCUT2D eigenvalue weighted by atomic mass is 16.5. The summed E-state index contributed by atoms with van der Waals surface area (Å²) >= 11 is 0. The maximum Gasteiger partial charge on any atom is 0.289 e. The second kappa shape index (κ2) is 9.97. The summed E-state index contributed by atoms with van der Waals surface area (Å²) in [5.41, 5.74) is 2.38. The number of carbonyl (C=O) groups is 1. The van der Waals surface area contributed by atoms with Crippen molar-refractivity contribution in [1.29, 1.82) is 0 Å². The molecule has 0 fully saturated rings. The van der Waals surface area contributed by atoms with Gasteiger partial charge in [0.2, 0.25) is 0 Å². The quantitative estimate of drug-likeness (QED) is 0.466. The minimum atomic E-state index is -0.0731. The first kappa shape index (κ1) is 20.7. The number of benzene rings is 2. The van der Waals surface area contributed by atoms with Crippen LogP contribution in [-0.2, 0) is 6.54 Å². The van der Waals surface area contributed by atoms with Gasteiger partial charge in [-0.1, -0.05) is 56.3 Å². The summed E-state index contributed by atoms with van der Waals surface area (Å²) in [4.78, 5) is 14.9. The first-order chi connectivity index (χ1) is 14.1. The second-order valence-corrected chi connectivity index (χ2v) is 7.60. The molecule has 0 radical (unpaired) electrons. The van der Waals surface area contributed by atoms with Gasteiger partial charge in [-0.3, -0.25) is 4.79 Å². The lowest BCUT2D eigenvalue weighted by Crippen LogP contribution is -2.32. The molecule has 3 rings (SSSR count). The van der Waals surface area contributed by atoms with E-state index in [1.807, 2.05) is 47.4 Å². The average molecular weight is 392 g/mol. The zero-order chi connectivity index (χ0) is 20.6. The van der Waals surface area contributed by atoms with E-state index in [0.717, 1.165) is 17.7 Å². The van der Waals surface area contributed by atoms with Crippen molar-refractivity contribution in [1.82, 2.24) is 4.90 Å². The molecule has 3 aromatic rings. The fourth-order valence-electron chi connectivity index (χ4n) is 3.64. The molecule has 0 aliphatic heterocycles. The molecule has 0 saturated heterocycles. The molecule has 1 atom stereocenters. The molecule has 0 saturated carbocycles. The van der Waals surface area contributed by atoms with Gasteiger partial charge in [-0.15, -0.1) is 0 Å². The minimum Gasteiger partial charge on any atom is -0.497 e. The lowest BCUT2D eigenvalue weighted by molar-refractivity contribution is 0.0702. The highest BCUT2D eigenvalue weighted by molar-refractivity contribution is 5.91. The Hall–Kier alpha value is -3.01. The zero-order valence-electron chi connectivity index (χ0n) is 17.4. The number of ether oxygens (including phenoxy) is 1.